The average molecular weight is 295 g/mol. The van der Waals surface area contributed by atoms with E-state index in [2.05, 4.69) is 10.6 Å². The Morgan fingerprint density at radius 2 is 1.79 bits per heavy atom. The van der Waals surface area contributed by atoms with Crippen LogP contribution in [0.1, 0.15) is 10.4 Å². The van der Waals surface area contributed by atoms with Crippen LogP contribution in [0.4, 0.5) is 10.5 Å². The second-order valence-corrected chi connectivity index (χ2v) is 7.43. The van der Waals surface area contributed by atoms with Crippen LogP contribution >= 0.6 is 0 Å². The molecule has 10 heteroatoms. The number of carbonyl (C=O) groups is 2. The molecular weight excluding hydrogens is 285 g/mol. The first-order chi connectivity index (χ1) is 8.70. The van der Waals surface area contributed by atoms with Gasteiger partial charge in [-0.2, -0.15) is 0 Å². The van der Waals surface area contributed by atoms with Gasteiger partial charge in [0.15, 0.2) is 0 Å². The third-order valence-electron chi connectivity index (χ3n) is 2.21. The number of hydrogen-bond acceptors (Lipinski definition) is 4. The number of primary amides is 1. The fourth-order valence-corrected chi connectivity index (χ4v) is 1.66. The number of urea groups is 1. The van der Waals surface area contributed by atoms with E-state index in [1.807, 2.05) is 0 Å². The molecule has 0 bridgehead atoms. The standard InChI is InChI=1S/C9H10N3O5S.Na/c10-8(13)6-1-3-7(4-2-6)12-9(14)11-5-18(15,16)17;/h1-5H,(H2,10,13)(H2,11,12,14)(H,15,16,17);. The minimum absolute atomic E-state index is 0.0379. The molecule has 0 spiro atoms. The van der Waals surface area contributed by atoms with Crippen molar-refractivity contribution in [3.8, 4) is 0 Å². The number of nitrogens with one attached hydrogen (secondary N) is 2. The van der Waals surface area contributed by atoms with E-state index in [-0.39, 0.29) is 33.5 Å². The van der Waals surface area contributed by atoms with E-state index in [4.69, 9.17) is 10.3 Å². The van der Waals surface area contributed by atoms with E-state index in [1.54, 1.807) is 0 Å². The Morgan fingerprint density at radius 1 is 1.26 bits per heavy atom. The molecule has 1 aromatic carbocycles. The van der Waals surface area contributed by atoms with Gasteiger partial charge in [-0.25, -0.2) is 0 Å². The van der Waals surface area contributed by atoms with Crippen LogP contribution in [-0.2, 0) is 10.1 Å². The molecule has 0 saturated heterocycles. The molecule has 0 aliphatic heterocycles. The van der Waals surface area contributed by atoms with Crippen LogP contribution in [0.15, 0.2) is 24.3 Å². The van der Waals surface area contributed by atoms with Gasteiger partial charge in [-0.05, 0) is 0 Å². The van der Waals surface area contributed by atoms with Crippen LogP contribution in [0, 0.1) is 0 Å². The van der Waals surface area contributed by atoms with Gasteiger partial charge in [-0.1, -0.05) is 0 Å². The first kappa shape index (κ1) is 15.9. The second-order valence-electron chi connectivity index (χ2n) is 3.70. The van der Waals surface area contributed by atoms with Gasteiger partial charge >= 0.3 is 127 Å². The Kier molecular flexibility index (Phi) is 5.32. The first-order valence-corrected chi connectivity index (χ1v) is 7.79. The van der Waals surface area contributed by atoms with Crippen LogP contribution in [0.3, 0.4) is 0 Å². The van der Waals surface area contributed by atoms with Gasteiger partial charge < -0.3 is 0 Å². The molecule has 0 fully saturated rings. The first-order valence-electron chi connectivity index (χ1n) is 5.14. The molecule has 1 aromatic rings. The van der Waals surface area contributed by atoms with Crippen LogP contribution < -0.4 is 16.4 Å². The molecule has 0 radical (unpaired) electrons. The van der Waals surface area contributed by atoms with Crippen molar-refractivity contribution in [1.29, 1.82) is 0 Å². The van der Waals surface area contributed by atoms with Gasteiger partial charge in [-0.3, -0.25) is 0 Å². The molecule has 1 unspecified atom stereocenters. The fraction of sp³-hybridized carbons (Fsp3) is 0.111. The Bertz CT molecular complexity index is 586. The summed E-state index contributed by atoms with van der Waals surface area (Å²) in [7, 11) is -4.28. The van der Waals surface area contributed by atoms with Crippen molar-refractivity contribution < 1.29 is 22.6 Å². The van der Waals surface area contributed by atoms with E-state index < -0.39 is 24.7 Å². The van der Waals surface area contributed by atoms with Gasteiger partial charge in [0.1, 0.15) is 0 Å². The summed E-state index contributed by atoms with van der Waals surface area (Å²) in [4.78, 5) is 22.2. The van der Waals surface area contributed by atoms with Crippen molar-refractivity contribution in [3.63, 3.8) is 0 Å². The monoisotopic (exact) mass is 295 g/mol. The van der Waals surface area contributed by atoms with Crippen molar-refractivity contribution in [2.45, 2.75) is 2.62 Å². The summed E-state index contributed by atoms with van der Waals surface area (Å²) in [5, 5.41) is 4.44. The number of anilines is 1. The molecule has 0 heterocycles. The van der Waals surface area contributed by atoms with Gasteiger partial charge in [0.2, 0.25) is 0 Å². The molecule has 1 atom stereocenters. The molecule has 0 aromatic heterocycles. The van der Waals surface area contributed by atoms with E-state index in [9.17, 15) is 18.0 Å². The topological polar surface area (TPSA) is 139 Å². The van der Waals surface area contributed by atoms with E-state index in [1.165, 1.54) is 24.3 Å². The molecule has 0 aliphatic carbocycles. The maximum absolute atomic E-state index is 11.4. The summed E-state index contributed by atoms with van der Waals surface area (Å²) in [6.07, 6.45) is 0. The normalized spacial score (nSPS) is 12.6. The zero-order chi connectivity index (χ0) is 14.6. The van der Waals surface area contributed by atoms with Crippen LogP contribution in [0.5, 0.6) is 0 Å². The van der Waals surface area contributed by atoms with E-state index in [0.29, 0.717) is 5.69 Å². The molecule has 1 rings (SSSR count). The SMILES string of the molecule is NC(=O)c1ccc(NC(=O)N[CH]([Na])S(=O)(=O)O)cc1. The predicted molar refractivity (Wildman–Crippen MR) is 68.2 cm³/mol. The van der Waals surface area contributed by atoms with Gasteiger partial charge in [0.05, 0.1) is 0 Å². The van der Waals surface area contributed by atoms with Crippen molar-refractivity contribution in [3.05, 3.63) is 29.8 Å². The average Bonchev–Trinajstić information content (AvgIpc) is 2.28. The molecule has 98 valence electrons. The molecular formula is C9H10N3NaO5S. The summed E-state index contributed by atoms with van der Waals surface area (Å²) in [6, 6.07) is 4.94. The quantitative estimate of drug-likeness (QED) is 0.427. The second kappa shape index (κ2) is 6.35. The number of rotatable bonds is 4. The van der Waals surface area contributed by atoms with Gasteiger partial charge in [-0.15, -0.1) is 0 Å². The Hall–Kier alpha value is -1.13. The number of benzene rings is 1. The van der Waals surface area contributed by atoms with Crippen LogP contribution in [0.2, 0.25) is 0 Å². The molecule has 8 nitrogen and oxygen atoms in total. The molecule has 0 saturated carbocycles. The number of nitrogens with two attached hydrogens (primary N) is 1. The predicted octanol–water partition coefficient (Wildman–Crippen LogP) is -0.753. The van der Waals surface area contributed by atoms with Crippen molar-refractivity contribution >= 4 is 55.7 Å². The third-order valence-corrected chi connectivity index (χ3v) is 5.30. The summed E-state index contributed by atoms with van der Waals surface area (Å²) >= 11 is 0.0379. The number of carbonyl (C=O) groups excluding carboxylic acids is 2. The summed E-state index contributed by atoms with van der Waals surface area (Å²) in [5.74, 6) is -0.595. The van der Waals surface area contributed by atoms with Crippen LogP contribution in [-0.4, -0.2) is 55.5 Å². The van der Waals surface area contributed by atoms with Crippen molar-refractivity contribution in [2.75, 3.05) is 5.32 Å². The Morgan fingerprint density at radius 3 is 2.21 bits per heavy atom. The molecule has 3 amide bonds. The minimum atomic E-state index is -4.28. The Balaban J connectivity index is 2.65. The third kappa shape index (κ3) is 5.17. The molecule has 5 N–H and O–H groups in total. The summed E-state index contributed by atoms with van der Waals surface area (Å²) in [6.45, 7) is 0. The van der Waals surface area contributed by atoms with Gasteiger partial charge in [0.25, 0.3) is 0 Å². The van der Waals surface area contributed by atoms with Gasteiger partial charge in [0, 0.05) is 0 Å². The Labute approximate surface area is 126 Å². The zero-order valence-corrected chi connectivity index (χ0v) is 12.8. The number of amides is 3. The maximum atomic E-state index is 11.4. The fourth-order valence-electron chi connectivity index (χ4n) is 1.14. The zero-order valence-electron chi connectivity index (χ0n) is 9.95. The molecule has 19 heavy (non-hydrogen) atoms. The summed E-state index contributed by atoms with van der Waals surface area (Å²) in [5.41, 5.74) is 5.69. The van der Waals surface area contributed by atoms with E-state index >= 15 is 0 Å². The molecule has 0 aliphatic rings. The van der Waals surface area contributed by atoms with E-state index in [0.717, 1.165) is 0 Å². The summed E-state index contributed by atoms with van der Waals surface area (Å²) < 4.78 is 28.9. The van der Waals surface area contributed by atoms with Crippen molar-refractivity contribution in [2.24, 2.45) is 5.73 Å². The van der Waals surface area contributed by atoms with Crippen LogP contribution in [0.25, 0.3) is 0 Å². The van der Waals surface area contributed by atoms with Crippen molar-refractivity contribution in [1.82, 2.24) is 5.32 Å². The number of hydrogen-bond donors (Lipinski definition) is 4.